The van der Waals surface area contributed by atoms with Crippen LogP contribution in [0.4, 0.5) is 0 Å². The van der Waals surface area contributed by atoms with Crippen molar-refractivity contribution in [1.82, 2.24) is 10.0 Å². The third-order valence-electron chi connectivity index (χ3n) is 4.90. The van der Waals surface area contributed by atoms with Crippen molar-refractivity contribution >= 4 is 27.7 Å². The minimum absolute atomic E-state index is 0.0189. The summed E-state index contributed by atoms with van der Waals surface area (Å²) in [4.78, 5) is 23.9. The molecule has 1 amide bonds. The Kier molecular flexibility index (Phi) is 8.18. The van der Waals surface area contributed by atoms with Crippen LogP contribution >= 0.6 is 0 Å². The summed E-state index contributed by atoms with van der Waals surface area (Å²) in [5.41, 5.74) is 7.16. The summed E-state index contributed by atoms with van der Waals surface area (Å²) in [6.45, 7) is -0.180. The number of nitrogens with one attached hydrogen (secondary N) is 3. The van der Waals surface area contributed by atoms with Crippen molar-refractivity contribution in [3.8, 4) is 5.75 Å². The predicted octanol–water partition coefficient (Wildman–Crippen LogP) is 1.71. The molecular formula is C24H24N4O6S. The molecule has 0 heterocycles. The third kappa shape index (κ3) is 7.13. The fourth-order valence-corrected chi connectivity index (χ4v) is 4.19. The molecular weight excluding hydrogens is 472 g/mol. The summed E-state index contributed by atoms with van der Waals surface area (Å²) in [5.74, 6) is -1.50. The standard InChI is InChI=1S/C24H24N4O6S/c25-22(26)17-8-6-16(7-9-17)15-34-19-12-10-18(11-13-19)23(29)27-14-21(24(30)31)28-35(32,33)20-4-2-1-3-5-20/h1-13,21,28H,14-15H2,(H3,25,26)(H,27,29)(H,30,31)/t21-/m0/s1. The third-order valence-corrected chi connectivity index (χ3v) is 6.39. The lowest BCUT2D eigenvalue weighted by Gasteiger charge is -2.16. The quantitative estimate of drug-likeness (QED) is 0.199. The first-order valence-corrected chi connectivity index (χ1v) is 11.9. The number of hydrogen-bond acceptors (Lipinski definition) is 6. The molecule has 0 saturated heterocycles. The Labute approximate surface area is 202 Å². The van der Waals surface area contributed by atoms with E-state index in [-0.39, 0.29) is 22.9 Å². The maximum absolute atomic E-state index is 12.4. The number of sulfonamides is 1. The number of ether oxygens (including phenoxy) is 1. The number of nitrogens with two attached hydrogens (primary N) is 1. The van der Waals surface area contributed by atoms with E-state index in [0.717, 1.165) is 5.56 Å². The van der Waals surface area contributed by atoms with Crippen molar-refractivity contribution in [3.63, 3.8) is 0 Å². The molecule has 10 nitrogen and oxygen atoms in total. The van der Waals surface area contributed by atoms with Gasteiger partial charge in [-0.25, -0.2) is 8.42 Å². The van der Waals surface area contributed by atoms with Crippen LogP contribution in [-0.2, 0) is 21.4 Å². The summed E-state index contributed by atoms with van der Waals surface area (Å²) in [5, 5.41) is 19.2. The molecule has 11 heteroatoms. The summed E-state index contributed by atoms with van der Waals surface area (Å²) in [6.07, 6.45) is 0. The SMILES string of the molecule is N=C(N)c1ccc(COc2ccc(C(=O)NC[C@H](NS(=O)(=O)c3ccccc3)C(=O)O)cc2)cc1. The Balaban J connectivity index is 1.55. The number of carboxylic acid groups (broad SMARTS) is 1. The molecule has 0 aliphatic heterocycles. The fraction of sp³-hybridized carbons (Fsp3) is 0.125. The van der Waals surface area contributed by atoms with Gasteiger partial charge in [-0.1, -0.05) is 42.5 Å². The number of carbonyl (C=O) groups excluding carboxylic acids is 1. The van der Waals surface area contributed by atoms with Gasteiger partial charge in [-0.2, -0.15) is 4.72 Å². The predicted molar refractivity (Wildman–Crippen MR) is 129 cm³/mol. The van der Waals surface area contributed by atoms with E-state index in [1.165, 1.54) is 36.4 Å². The highest BCUT2D eigenvalue weighted by atomic mass is 32.2. The van der Waals surface area contributed by atoms with Crippen LogP contribution in [0.15, 0.2) is 83.8 Å². The summed E-state index contributed by atoms with van der Waals surface area (Å²) in [6, 6.07) is 19.0. The normalized spacial score (nSPS) is 11.9. The van der Waals surface area contributed by atoms with E-state index in [2.05, 4.69) is 10.0 Å². The number of rotatable bonds is 11. The van der Waals surface area contributed by atoms with Gasteiger partial charge in [0.15, 0.2) is 0 Å². The van der Waals surface area contributed by atoms with Crippen LogP contribution in [0.2, 0.25) is 0 Å². The van der Waals surface area contributed by atoms with E-state index in [1.54, 1.807) is 42.5 Å². The van der Waals surface area contributed by atoms with Gasteiger partial charge in [-0.3, -0.25) is 15.0 Å². The molecule has 35 heavy (non-hydrogen) atoms. The molecule has 0 aliphatic rings. The van der Waals surface area contributed by atoms with Crippen LogP contribution in [0.5, 0.6) is 5.75 Å². The molecule has 3 rings (SSSR count). The van der Waals surface area contributed by atoms with Crippen LogP contribution in [-0.4, -0.2) is 43.8 Å². The second-order valence-corrected chi connectivity index (χ2v) is 9.17. The minimum Gasteiger partial charge on any atom is -0.489 e. The van der Waals surface area contributed by atoms with Crippen molar-refractivity contribution in [3.05, 3.63) is 95.6 Å². The van der Waals surface area contributed by atoms with E-state index in [1.807, 2.05) is 0 Å². The number of hydrogen-bond donors (Lipinski definition) is 5. The number of nitrogen functional groups attached to an aromatic ring is 1. The zero-order valence-electron chi connectivity index (χ0n) is 18.5. The van der Waals surface area contributed by atoms with Gasteiger partial charge >= 0.3 is 5.97 Å². The van der Waals surface area contributed by atoms with Crippen molar-refractivity contribution in [2.45, 2.75) is 17.5 Å². The Morgan fingerprint density at radius 2 is 1.54 bits per heavy atom. The van der Waals surface area contributed by atoms with E-state index in [0.29, 0.717) is 11.3 Å². The number of carboxylic acids is 1. The van der Waals surface area contributed by atoms with Crippen LogP contribution in [0.1, 0.15) is 21.5 Å². The van der Waals surface area contributed by atoms with Gasteiger partial charge in [0.1, 0.15) is 24.2 Å². The average Bonchev–Trinajstić information content (AvgIpc) is 2.86. The van der Waals surface area contributed by atoms with Crippen LogP contribution in [0.3, 0.4) is 0 Å². The summed E-state index contributed by atoms with van der Waals surface area (Å²) >= 11 is 0. The molecule has 182 valence electrons. The average molecular weight is 497 g/mol. The van der Waals surface area contributed by atoms with Crippen molar-refractivity contribution in [2.75, 3.05) is 6.54 Å². The number of aliphatic carboxylic acids is 1. The smallest absolute Gasteiger partial charge is 0.323 e. The van der Waals surface area contributed by atoms with Gasteiger partial charge in [0, 0.05) is 17.7 Å². The maximum Gasteiger partial charge on any atom is 0.323 e. The van der Waals surface area contributed by atoms with Gasteiger partial charge in [0.05, 0.1) is 4.90 Å². The number of carbonyl (C=O) groups is 2. The van der Waals surface area contributed by atoms with Gasteiger partial charge in [0.2, 0.25) is 10.0 Å². The summed E-state index contributed by atoms with van der Waals surface area (Å²) in [7, 11) is -4.07. The zero-order chi connectivity index (χ0) is 25.4. The molecule has 0 saturated carbocycles. The zero-order valence-corrected chi connectivity index (χ0v) is 19.3. The number of benzene rings is 3. The van der Waals surface area contributed by atoms with Crippen molar-refractivity contribution < 1.29 is 27.9 Å². The Hall–Kier alpha value is -4.22. The topological polar surface area (TPSA) is 172 Å². The van der Waals surface area contributed by atoms with E-state index < -0.39 is 34.5 Å². The molecule has 0 radical (unpaired) electrons. The van der Waals surface area contributed by atoms with Gasteiger partial charge < -0.3 is 20.9 Å². The molecule has 0 spiro atoms. The first kappa shape index (κ1) is 25.4. The highest BCUT2D eigenvalue weighted by Gasteiger charge is 2.26. The highest BCUT2D eigenvalue weighted by molar-refractivity contribution is 7.89. The van der Waals surface area contributed by atoms with E-state index in [9.17, 15) is 23.1 Å². The Bertz CT molecular complexity index is 1290. The van der Waals surface area contributed by atoms with Gasteiger partial charge in [-0.15, -0.1) is 0 Å². The second kappa shape index (κ2) is 11.3. The van der Waals surface area contributed by atoms with Gasteiger partial charge in [-0.05, 0) is 42.0 Å². The van der Waals surface area contributed by atoms with Crippen molar-refractivity contribution in [2.24, 2.45) is 5.73 Å². The lowest BCUT2D eigenvalue weighted by Crippen LogP contribution is -2.48. The first-order chi connectivity index (χ1) is 16.7. The Morgan fingerprint density at radius 3 is 2.11 bits per heavy atom. The maximum atomic E-state index is 12.4. The lowest BCUT2D eigenvalue weighted by atomic mass is 10.1. The van der Waals surface area contributed by atoms with Crippen LogP contribution in [0, 0.1) is 5.41 Å². The number of amidine groups is 1. The molecule has 3 aromatic carbocycles. The van der Waals surface area contributed by atoms with Crippen LogP contribution < -0.4 is 20.5 Å². The second-order valence-electron chi connectivity index (χ2n) is 7.46. The summed E-state index contributed by atoms with van der Waals surface area (Å²) < 4.78 is 32.6. The lowest BCUT2D eigenvalue weighted by molar-refractivity contribution is -0.138. The molecule has 0 fully saturated rings. The van der Waals surface area contributed by atoms with Crippen molar-refractivity contribution in [1.29, 1.82) is 5.41 Å². The molecule has 3 aromatic rings. The molecule has 0 unspecified atom stereocenters. The highest BCUT2D eigenvalue weighted by Crippen LogP contribution is 2.15. The molecule has 6 N–H and O–H groups in total. The number of amides is 1. The first-order valence-electron chi connectivity index (χ1n) is 10.4. The van der Waals surface area contributed by atoms with E-state index in [4.69, 9.17) is 15.9 Å². The minimum atomic E-state index is -4.07. The molecule has 1 atom stereocenters. The Morgan fingerprint density at radius 1 is 0.943 bits per heavy atom. The molecule has 0 aromatic heterocycles. The van der Waals surface area contributed by atoms with Crippen LogP contribution in [0.25, 0.3) is 0 Å². The molecule has 0 aliphatic carbocycles. The van der Waals surface area contributed by atoms with Gasteiger partial charge in [0.25, 0.3) is 5.91 Å². The molecule has 0 bridgehead atoms. The largest absolute Gasteiger partial charge is 0.489 e. The monoisotopic (exact) mass is 496 g/mol. The van der Waals surface area contributed by atoms with E-state index >= 15 is 0 Å². The fourth-order valence-electron chi connectivity index (χ4n) is 2.98.